The van der Waals surface area contributed by atoms with Crippen molar-refractivity contribution in [3.8, 4) is 0 Å². The van der Waals surface area contributed by atoms with Gasteiger partial charge in [-0.2, -0.15) is 0 Å². The van der Waals surface area contributed by atoms with Gasteiger partial charge in [0, 0.05) is 27.3 Å². The van der Waals surface area contributed by atoms with Crippen LogP contribution < -0.4 is 5.56 Å². The van der Waals surface area contributed by atoms with Crippen LogP contribution in [0.15, 0.2) is 65.5 Å². The lowest BCUT2D eigenvalue weighted by atomic mass is 9.82. The summed E-state index contributed by atoms with van der Waals surface area (Å²) in [6, 6.07) is 15.6. The molecule has 0 bridgehead atoms. The summed E-state index contributed by atoms with van der Waals surface area (Å²) in [4.78, 5) is 57.8. The van der Waals surface area contributed by atoms with Gasteiger partial charge in [0.2, 0.25) is 0 Å². The third kappa shape index (κ3) is 3.19. The van der Waals surface area contributed by atoms with Crippen molar-refractivity contribution in [2.75, 3.05) is 0 Å². The molecule has 0 aliphatic heterocycles. The Bertz CT molecular complexity index is 1520. The van der Waals surface area contributed by atoms with Crippen molar-refractivity contribution >= 4 is 40.0 Å². The van der Waals surface area contributed by atoms with E-state index in [0.29, 0.717) is 21.5 Å². The van der Waals surface area contributed by atoms with Crippen molar-refractivity contribution in [1.82, 2.24) is 9.97 Å². The number of hydrogen-bond donors (Lipinski definition) is 1. The smallest absolute Gasteiger partial charge is 0.339 e. The molecule has 1 aromatic heterocycles. The second-order valence-electron chi connectivity index (χ2n) is 7.18. The van der Waals surface area contributed by atoms with Crippen molar-refractivity contribution in [2.24, 2.45) is 0 Å². The minimum Gasteiger partial charge on any atom is -0.454 e. The number of nitrogens with one attached hydrogen (secondary N) is 1. The largest absolute Gasteiger partial charge is 0.454 e. The maximum atomic E-state index is 13.0. The topological polar surface area (TPSA) is 106 Å². The Labute approximate surface area is 185 Å². The van der Waals surface area contributed by atoms with E-state index in [1.54, 1.807) is 36.4 Å². The third-order valence-corrected chi connectivity index (χ3v) is 5.47. The van der Waals surface area contributed by atoms with E-state index in [4.69, 9.17) is 16.3 Å². The van der Waals surface area contributed by atoms with E-state index >= 15 is 0 Å². The average Bonchev–Trinajstić information content (AvgIpc) is 2.80. The Hall–Kier alpha value is -4.10. The number of carbonyl (C=O) groups excluding carboxylic acids is 3. The number of esters is 1. The first-order chi connectivity index (χ1) is 15.4. The molecule has 0 spiro atoms. The maximum absolute atomic E-state index is 13.0. The van der Waals surface area contributed by atoms with Crippen LogP contribution in [0.1, 0.15) is 48.0 Å². The lowest BCUT2D eigenvalue weighted by molar-refractivity contribution is 0.0459. The van der Waals surface area contributed by atoms with Crippen LogP contribution in [0.25, 0.3) is 10.9 Å². The monoisotopic (exact) mass is 444 g/mol. The lowest BCUT2D eigenvalue weighted by Gasteiger charge is -2.19. The molecule has 3 aromatic carbocycles. The first kappa shape index (κ1) is 19.8. The van der Waals surface area contributed by atoms with Gasteiger partial charge in [-0.3, -0.25) is 14.4 Å². The van der Waals surface area contributed by atoms with Crippen LogP contribution in [0.2, 0.25) is 5.02 Å². The van der Waals surface area contributed by atoms with Crippen LogP contribution in [0.5, 0.6) is 0 Å². The highest BCUT2D eigenvalue weighted by Crippen LogP contribution is 2.30. The van der Waals surface area contributed by atoms with E-state index in [1.807, 2.05) is 0 Å². The fourth-order valence-corrected chi connectivity index (χ4v) is 3.92. The molecule has 7 nitrogen and oxygen atoms in total. The van der Waals surface area contributed by atoms with Gasteiger partial charge in [0.05, 0.1) is 16.5 Å². The number of H-pyrrole nitrogens is 1. The molecule has 1 heterocycles. The Balaban J connectivity index is 1.47. The number of ether oxygens (including phenoxy) is 1. The average molecular weight is 445 g/mol. The lowest BCUT2D eigenvalue weighted by Crippen LogP contribution is -2.24. The summed E-state index contributed by atoms with van der Waals surface area (Å²) in [5, 5.41) is 0.766. The summed E-state index contributed by atoms with van der Waals surface area (Å²) in [7, 11) is 0. The number of aromatic nitrogens is 2. The van der Waals surface area contributed by atoms with E-state index in [1.165, 1.54) is 24.3 Å². The van der Waals surface area contributed by atoms with Crippen LogP contribution >= 0.6 is 11.6 Å². The number of benzene rings is 3. The van der Waals surface area contributed by atoms with E-state index in [0.717, 1.165) is 0 Å². The van der Waals surface area contributed by atoms with Crippen LogP contribution in [0, 0.1) is 0 Å². The molecule has 0 radical (unpaired) electrons. The van der Waals surface area contributed by atoms with E-state index in [2.05, 4.69) is 9.97 Å². The molecule has 0 amide bonds. The van der Waals surface area contributed by atoms with Gasteiger partial charge in [0.1, 0.15) is 12.4 Å². The SMILES string of the molecule is O=C(OCc1nc2cc(Cl)ccc2c(=O)[nH]1)c1cccc2c1C(=O)c1ccccc1C2=O. The fraction of sp³-hybridized carbons (Fsp3) is 0.0417. The molecule has 1 aliphatic rings. The number of hydrogen-bond acceptors (Lipinski definition) is 6. The third-order valence-electron chi connectivity index (χ3n) is 5.23. The van der Waals surface area contributed by atoms with E-state index < -0.39 is 17.3 Å². The van der Waals surface area contributed by atoms with Crippen LogP contribution in [0.4, 0.5) is 0 Å². The number of carbonyl (C=O) groups is 3. The molecule has 8 heteroatoms. The summed E-state index contributed by atoms with van der Waals surface area (Å²) >= 11 is 5.96. The van der Waals surface area contributed by atoms with Crippen LogP contribution in [-0.2, 0) is 11.3 Å². The highest BCUT2D eigenvalue weighted by molar-refractivity contribution is 6.31. The molecule has 4 aromatic rings. The zero-order chi connectivity index (χ0) is 22.4. The quantitative estimate of drug-likeness (QED) is 0.425. The molecule has 0 saturated heterocycles. The van der Waals surface area contributed by atoms with E-state index in [-0.39, 0.29) is 40.5 Å². The first-order valence-corrected chi connectivity index (χ1v) is 9.99. The number of fused-ring (bicyclic) bond motifs is 3. The van der Waals surface area contributed by atoms with E-state index in [9.17, 15) is 19.2 Å². The molecular formula is C24H13ClN2O5. The summed E-state index contributed by atoms with van der Waals surface area (Å²) in [5.74, 6) is -1.44. The van der Waals surface area contributed by atoms with Gasteiger partial charge >= 0.3 is 5.97 Å². The Kier molecular flexibility index (Phi) is 4.68. The molecule has 0 atom stereocenters. The molecule has 32 heavy (non-hydrogen) atoms. The molecule has 5 rings (SSSR count). The predicted molar refractivity (Wildman–Crippen MR) is 116 cm³/mol. The molecule has 156 valence electrons. The van der Waals surface area contributed by atoms with Crippen molar-refractivity contribution < 1.29 is 19.1 Å². The number of nitrogens with zero attached hydrogens (tertiary/aromatic N) is 1. The number of aromatic amines is 1. The predicted octanol–water partition coefficient (Wildman–Crippen LogP) is 3.71. The van der Waals surface area contributed by atoms with Gasteiger partial charge in [0.25, 0.3) is 5.56 Å². The number of rotatable bonds is 3. The van der Waals surface area contributed by atoms with Crippen molar-refractivity contribution in [3.63, 3.8) is 0 Å². The highest BCUT2D eigenvalue weighted by Gasteiger charge is 2.33. The van der Waals surface area contributed by atoms with Gasteiger partial charge in [-0.1, -0.05) is 48.0 Å². The molecule has 0 unspecified atom stereocenters. The molecule has 0 saturated carbocycles. The summed E-state index contributed by atoms with van der Waals surface area (Å²) in [5.41, 5.74) is 0.633. The fourth-order valence-electron chi connectivity index (χ4n) is 3.76. The Morgan fingerprint density at radius 2 is 1.62 bits per heavy atom. The van der Waals surface area contributed by atoms with Gasteiger partial charge < -0.3 is 9.72 Å². The minimum atomic E-state index is -0.809. The maximum Gasteiger partial charge on any atom is 0.339 e. The number of halogens is 1. The Morgan fingerprint density at radius 3 is 2.41 bits per heavy atom. The summed E-state index contributed by atoms with van der Waals surface area (Å²) in [6.07, 6.45) is 0. The summed E-state index contributed by atoms with van der Waals surface area (Å²) in [6.45, 7) is -0.334. The van der Waals surface area contributed by atoms with Crippen LogP contribution in [-0.4, -0.2) is 27.5 Å². The molecule has 0 fully saturated rings. The normalized spacial score (nSPS) is 12.4. The molecule has 1 aliphatic carbocycles. The standard InChI is InChI=1S/C24H13ClN2O5/c25-12-8-9-15-18(10-12)26-19(27-23(15)30)11-32-24(31)17-7-3-6-16-20(17)22(29)14-5-2-1-4-13(14)21(16)28/h1-10H,11H2,(H,26,27,30). The Morgan fingerprint density at radius 1 is 0.906 bits per heavy atom. The van der Waals surface area contributed by atoms with Crippen molar-refractivity contribution in [3.05, 3.63) is 110 Å². The van der Waals surface area contributed by atoms with Gasteiger partial charge in [-0.15, -0.1) is 0 Å². The van der Waals surface area contributed by atoms with Gasteiger partial charge in [0.15, 0.2) is 11.6 Å². The molecule has 1 N–H and O–H groups in total. The van der Waals surface area contributed by atoms with Crippen molar-refractivity contribution in [1.29, 1.82) is 0 Å². The van der Waals surface area contributed by atoms with Crippen molar-refractivity contribution in [2.45, 2.75) is 6.61 Å². The summed E-state index contributed by atoms with van der Waals surface area (Å²) < 4.78 is 5.32. The minimum absolute atomic E-state index is 0.00736. The number of ketones is 2. The van der Waals surface area contributed by atoms with Gasteiger partial charge in [-0.25, -0.2) is 9.78 Å². The molecular weight excluding hydrogens is 432 g/mol. The van der Waals surface area contributed by atoms with Crippen LogP contribution in [0.3, 0.4) is 0 Å². The zero-order valence-electron chi connectivity index (χ0n) is 16.3. The second-order valence-corrected chi connectivity index (χ2v) is 7.62. The zero-order valence-corrected chi connectivity index (χ0v) is 17.1. The first-order valence-electron chi connectivity index (χ1n) is 9.61. The van der Waals surface area contributed by atoms with Gasteiger partial charge in [-0.05, 0) is 24.3 Å². The highest BCUT2D eigenvalue weighted by atomic mass is 35.5. The second kappa shape index (κ2) is 7.55.